The monoisotopic (exact) mass is 1230 g/mol. The van der Waals surface area contributed by atoms with Crippen molar-refractivity contribution in [1.82, 2.24) is 39.9 Å². The Morgan fingerprint density at radius 1 is 0.283 bits per heavy atom. The summed E-state index contributed by atoms with van der Waals surface area (Å²) in [7, 11) is 16.0. The Kier molecular flexibility index (Phi) is 17.1. The van der Waals surface area contributed by atoms with Crippen LogP contribution in [0.2, 0.25) is 0 Å². The van der Waals surface area contributed by atoms with Gasteiger partial charge in [-0.2, -0.15) is 0 Å². The molecule has 0 unspecified atom stereocenters. The summed E-state index contributed by atoms with van der Waals surface area (Å²) in [6.45, 7) is 1.95. The smallest absolute Gasteiger partial charge is 0.168 e. The van der Waals surface area contributed by atoms with E-state index in [2.05, 4.69) is 9.97 Å². The van der Waals surface area contributed by atoms with Gasteiger partial charge in [0, 0.05) is 125 Å². The van der Waals surface area contributed by atoms with E-state index >= 15 is 0 Å². The van der Waals surface area contributed by atoms with Gasteiger partial charge in [0.15, 0.2) is 23.3 Å². The standard InChI is InChI=1S/C72H70N12O8/c1-81(2)45-17-9-21-49(41-45)85-33-37-89-57-29-13-25-53-61(57)69-73-65(53)78-70-63-55(27-15-31-59(63)91-39-35-87-51-23-11-19-47(43-51)83(5)6)67(75-70)80-72-64-56(28-16-32-60(64)92-40-36-88-52-24-12-20-48(44-52)84(7)8)68(76-72)79-71-62-54(66(74-71)77-69)26-14-30-58(62)90-38-34-86-50-22-10-18-46(42-50)82(3)4/h9-32,41-44H,33-40H2,1-8H3,(H2,73,74,75,76,77,78,79,80). The third kappa shape index (κ3) is 12.8. The third-order valence-corrected chi connectivity index (χ3v) is 15.6. The van der Waals surface area contributed by atoms with Gasteiger partial charge < -0.3 is 67.5 Å². The van der Waals surface area contributed by atoms with Gasteiger partial charge in [-0.1, -0.05) is 72.8 Å². The largest absolute Gasteiger partial charge is 0.490 e. The lowest BCUT2D eigenvalue weighted by Gasteiger charge is -2.14. The van der Waals surface area contributed by atoms with E-state index in [1.165, 1.54) is 0 Å². The van der Waals surface area contributed by atoms with Crippen molar-refractivity contribution in [3.05, 3.63) is 170 Å². The molecular formula is C72H70N12O8. The molecule has 8 aromatic carbocycles. The van der Waals surface area contributed by atoms with Crippen LogP contribution in [0.3, 0.4) is 0 Å². The number of aromatic nitrogens is 8. The van der Waals surface area contributed by atoms with Crippen LogP contribution in [0.1, 0.15) is 0 Å². The molecule has 20 heteroatoms. The molecule has 5 heterocycles. The fourth-order valence-corrected chi connectivity index (χ4v) is 11.0. The molecule has 0 aliphatic carbocycles. The zero-order chi connectivity index (χ0) is 63.2. The van der Waals surface area contributed by atoms with E-state index in [1.54, 1.807) is 0 Å². The van der Waals surface area contributed by atoms with E-state index in [0.29, 0.717) is 113 Å². The second-order valence-electron chi connectivity index (χ2n) is 22.7. The van der Waals surface area contributed by atoms with Crippen LogP contribution in [-0.4, -0.2) is 149 Å². The number of nitrogens with one attached hydrogen (secondary N) is 2. The van der Waals surface area contributed by atoms with Crippen LogP contribution >= 0.6 is 0 Å². The predicted molar refractivity (Wildman–Crippen MR) is 363 cm³/mol. The minimum absolute atomic E-state index is 0.217. The van der Waals surface area contributed by atoms with Gasteiger partial charge in [-0.3, -0.25) is 0 Å². The highest BCUT2D eigenvalue weighted by Crippen LogP contribution is 2.44. The van der Waals surface area contributed by atoms with Gasteiger partial charge in [0.2, 0.25) is 0 Å². The van der Waals surface area contributed by atoms with Gasteiger partial charge in [0.1, 0.15) is 121 Å². The molecule has 20 nitrogen and oxygen atoms in total. The number of hydrogen-bond acceptors (Lipinski definition) is 18. The van der Waals surface area contributed by atoms with Gasteiger partial charge in [-0.05, 0) is 72.8 Å². The second-order valence-corrected chi connectivity index (χ2v) is 22.7. The van der Waals surface area contributed by atoms with Crippen molar-refractivity contribution >= 4 is 66.9 Å². The molecule has 2 aliphatic rings. The van der Waals surface area contributed by atoms with Crippen LogP contribution < -0.4 is 57.5 Å². The summed E-state index contributed by atoms with van der Waals surface area (Å²) in [4.78, 5) is 47.5. The number of hydrogen-bond donors (Lipinski definition) is 2. The van der Waals surface area contributed by atoms with E-state index < -0.39 is 0 Å². The lowest BCUT2D eigenvalue weighted by molar-refractivity contribution is 0.218. The van der Waals surface area contributed by atoms with Crippen molar-refractivity contribution in [1.29, 1.82) is 0 Å². The number of anilines is 4. The number of ether oxygens (including phenoxy) is 8. The normalized spacial score (nSPS) is 11.4. The van der Waals surface area contributed by atoms with Crippen LogP contribution in [0.15, 0.2) is 170 Å². The molecule has 0 atom stereocenters. The Balaban J connectivity index is 0.956. The number of H-pyrrole nitrogens is 2. The molecule has 0 radical (unpaired) electrons. The first-order valence-corrected chi connectivity index (χ1v) is 30.4. The zero-order valence-corrected chi connectivity index (χ0v) is 52.6. The second kappa shape index (κ2) is 26.4. The van der Waals surface area contributed by atoms with E-state index in [9.17, 15) is 0 Å². The first kappa shape index (κ1) is 59.7. The number of aromatic amines is 2. The average Bonchev–Trinajstić information content (AvgIpc) is 1.61. The minimum atomic E-state index is 0.217. The van der Waals surface area contributed by atoms with Gasteiger partial charge >= 0.3 is 0 Å². The Morgan fingerprint density at radius 2 is 0.565 bits per heavy atom. The van der Waals surface area contributed by atoms with Crippen LogP contribution in [-0.2, 0) is 0 Å². The van der Waals surface area contributed by atoms with Crippen molar-refractivity contribution in [3.8, 4) is 91.5 Å². The molecule has 3 aromatic heterocycles. The molecule has 92 heavy (non-hydrogen) atoms. The summed E-state index contributed by atoms with van der Waals surface area (Å²) in [6.07, 6.45) is 0. The quantitative estimate of drug-likeness (QED) is 0.0542. The van der Waals surface area contributed by atoms with Crippen molar-refractivity contribution in [3.63, 3.8) is 0 Å². The molecule has 0 amide bonds. The van der Waals surface area contributed by atoms with Crippen LogP contribution in [0.4, 0.5) is 22.7 Å². The van der Waals surface area contributed by atoms with Gasteiger partial charge in [-0.25, -0.2) is 29.9 Å². The molecule has 2 aliphatic heterocycles. The molecule has 8 bridgehead atoms. The van der Waals surface area contributed by atoms with E-state index in [1.807, 2.05) is 246 Å². The maximum atomic E-state index is 6.65. The first-order chi connectivity index (χ1) is 44.9. The number of benzene rings is 8. The van der Waals surface area contributed by atoms with Crippen molar-refractivity contribution < 1.29 is 37.9 Å². The van der Waals surface area contributed by atoms with Gasteiger partial charge in [0.05, 0.1) is 21.9 Å². The summed E-state index contributed by atoms with van der Waals surface area (Å²) in [5.41, 5.74) is 8.51. The predicted octanol–water partition coefficient (Wildman–Crippen LogP) is 13.0. The van der Waals surface area contributed by atoms with E-state index in [4.69, 9.17) is 67.8 Å². The molecular weight excluding hydrogens is 1160 g/mol. The maximum Gasteiger partial charge on any atom is 0.168 e. The van der Waals surface area contributed by atoms with Crippen molar-refractivity contribution in [2.45, 2.75) is 0 Å². The highest BCUT2D eigenvalue weighted by Gasteiger charge is 2.28. The topological polar surface area (TPSA) is 196 Å². The zero-order valence-electron chi connectivity index (χ0n) is 52.6. The molecule has 2 N–H and O–H groups in total. The molecule has 0 saturated heterocycles. The van der Waals surface area contributed by atoms with Crippen molar-refractivity contribution in [2.24, 2.45) is 0 Å². The Bertz CT molecular complexity index is 4390. The summed E-state index contributed by atoms with van der Waals surface area (Å²) in [5.74, 6) is 6.52. The SMILES string of the molecule is CN(C)c1cccc(OCCOc2cccc3c2-c2nc-3nc3[nH]c(nc4nc(nc5[nH]c(n2)c2cccc(OCCOc6cccc(N(C)C)c6)c52)-c2cccc(OCCOc5cccc(N(C)C)c5)c2-4)c2cccc(OCCOc4cccc(N(C)C)c4)c32)c1. The van der Waals surface area contributed by atoms with Gasteiger partial charge in [0.25, 0.3) is 0 Å². The third-order valence-electron chi connectivity index (χ3n) is 15.6. The average molecular weight is 1230 g/mol. The fraction of sp³-hybridized carbons (Fsp3) is 0.222. The minimum Gasteiger partial charge on any atom is -0.490 e. The molecule has 11 aromatic rings. The lowest BCUT2D eigenvalue weighted by atomic mass is 10.1. The Labute approximate surface area is 532 Å². The molecule has 0 spiro atoms. The fourth-order valence-electron chi connectivity index (χ4n) is 11.0. The van der Waals surface area contributed by atoms with Crippen LogP contribution in [0.5, 0.6) is 46.0 Å². The van der Waals surface area contributed by atoms with Crippen LogP contribution in [0, 0.1) is 0 Å². The van der Waals surface area contributed by atoms with Crippen molar-refractivity contribution in [2.75, 3.05) is 129 Å². The summed E-state index contributed by atoms with van der Waals surface area (Å²) < 4.78 is 51.5. The van der Waals surface area contributed by atoms with E-state index in [-0.39, 0.29) is 52.9 Å². The Hall–Kier alpha value is -11.3. The molecule has 0 fully saturated rings. The number of nitrogens with zero attached hydrogens (tertiary/aromatic N) is 10. The highest BCUT2D eigenvalue weighted by molar-refractivity contribution is 6.10. The van der Waals surface area contributed by atoms with Crippen LogP contribution in [0.25, 0.3) is 89.7 Å². The lowest BCUT2D eigenvalue weighted by Crippen LogP contribution is -2.11. The summed E-state index contributed by atoms with van der Waals surface area (Å²) in [5, 5.41) is 2.75. The molecule has 13 rings (SSSR count). The first-order valence-electron chi connectivity index (χ1n) is 30.4. The Morgan fingerprint density at radius 3 is 0.902 bits per heavy atom. The summed E-state index contributed by atoms with van der Waals surface area (Å²) >= 11 is 0. The molecule has 466 valence electrons. The number of rotatable bonds is 24. The highest BCUT2D eigenvalue weighted by atomic mass is 16.5. The summed E-state index contributed by atoms with van der Waals surface area (Å²) in [6, 6.07) is 55.0. The number of fused-ring (bicyclic) bond motifs is 20. The molecule has 0 saturated carbocycles. The maximum absolute atomic E-state index is 6.65. The van der Waals surface area contributed by atoms with E-state index in [0.717, 1.165) is 45.7 Å². The van der Waals surface area contributed by atoms with Gasteiger partial charge in [-0.15, -0.1) is 0 Å².